The molecule has 0 heterocycles. The molecule has 0 saturated heterocycles. The van der Waals surface area contributed by atoms with Crippen LogP contribution in [-0.2, 0) is 0 Å². The van der Waals surface area contributed by atoms with Gasteiger partial charge in [0.05, 0.1) is 0 Å². The van der Waals surface area contributed by atoms with Gasteiger partial charge in [0, 0.05) is 0 Å². The summed E-state index contributed by atoms with van der Waals surface area (Å²) >= 11 is 0. The van der Waals surface area contributed by atoms with Gasteiger partial charge in [-0.3, -0.25) is 0 Å². The first-order chi connectivity index (χ1) is 12.6. The van der Waals surface area contributed by atoms with Gasteiger partial charge in [-0.05, 0) is 43.1 Å². The van der Waals surface area contributed by atoms with E-state index in [1.165, 1.54) is 54.0 Å². The van der Waals surface area contributed by atoms with E-state index >= 15 is 0 Å². The summed E-state index contributed by atoms with van der Waals surface area (Å²) in [5.41, 5.74) is 2.89. The van der Waals surface area contributed by atoms with Crippen LogP contribution >= 0.6 is 0 Å². The third-order valence-electron chi connectivity index (χ3n) is 5.97. The predicted octanol–water partition coefficient (Wildman–Crippen LogP) is 5.66. The van der Waals surface area contributed by atoms with Gasteiger partial charge in [0.15, 0.2) is 13.4 Å². The molecule has 0 aliphatic carbocycles. The Labute approximate surface area is 155 Å². The molecule has 0 nitrogen and oxygen atoms in total. The molecule has 5 aromatic rings. The van der Waals surface area contributed by atoms with E-state index in [4.69, 9.17) is 0 Å². The van der Waals surface area contributed by atoms with E-state index < -0.39 is 0 Å². The van der Waals surface area contributed by atoms with E-state index in [9.17, 15) is 0 Å². The fourth-order valence-corrected chi connectivity index (χ4v) is 4.76. The minimum absolute atomic E-state index is 0.528. The zero-order valence-corrected chi connectivity index (χ0v) is 15.9. The minimum atomic E-state index is 0.528. The quantitative estimate of drug-likeness (QED) is 0.222. The molecule has 0 aliphatic rings. The maximum atomic E-state index is 2.35. The standard InChI is InChI=1S/C24H22B2/c1-25(2)21-13-11-17-16-8-6-10-20-22(26(3)4)14-12-18(24(16)20)15-7-5-9-19(21)23(15)17/h5-14H,1-4H3. The molecular weight excluding hydrogens is 310 g/mol. The second-order valence-electron chi connectivity index (χ2n) is 8.17. The lowest BCUT2D eigenvalue weighted by Gasteiger charge is -2.19. The van der Waals surface area contributed by atoms with Gasteiger partial charge < -0.3 is 0 Å². The first kappa shape index (κ1) is 15.8. The summed E-state index contributed by atoms with van der Waals surface area (Å²) < 4.78 is 0. The molecule has 26 heavy (non-hydrogen) atoms. The third kappa shape index (κ3) is 1.99. The normalized spacial score (nSPS) is 11.8. The second-order valence-corrected chi connectivity index (χ2v) is 8.17. The van der Waals surface area contributed by atoms with Crippen LogP contribution in [0.5, 0.6) is 0 Å². The highest BCUT2D eigenvalue weighted by molar-refractivity contribution is 6.74. The summed E-state index contributed by atoms with van der Waals surface area (Å²) in [5, 5.41) is 11.2. The molecule has 0 saturated carbocycles. The third-order valence-corrected chi connectivity index (χ3v) is 5.97. The SMILES string of the molecule is CB(C)c1ccc2c3cccc4c(B(C)C)ccc(c5cccc1c52)c43. The fraction of sp³-hybridized carbons (Fsp3) is 0.167. The van der Waals surface area contributed by atoms with Gasteiger partial charge in [-0.1, -0.05) is 98.9 Å². The van der Waals surface area contributed by atoms with Crippen molar-refractivity contribution in [2.45, 2.75) is 27.3 Å². The Bertz CT molecular complexity index is 1160. The van der Waals surface area contributed by atoms with Crippen molar-refractivity contribution in [1.29, 1.82) is 0 Å². The lowest BCUT2D eigenvalue weighted by molar-refractivity contribution is 1.79. The van der Waals surface area contributed by atoms with Crippen molar-refractivity contribution in [3.8, 4) is 0 Å². The van der Waals surface area contributed by atoms with Crippen LogP contribution in [0.4, 0.5) is 0 Å². The van der Waals surface area contributed by atoms with E-state index in [0.29, 0.717) is 13.4 Å². The molecule has 0 aliphatic heterocycles. The Morgan fingerprint density at radius 2 is 0.769 bits per heavy atom. The molecule has 0 spiro atoms. The van der Waals surface area contributed by atoms with Crippen LogP contribution in [0.2, 0.25) is 27.3 Å². The molecule has 2 heteroatoms. The summed E-state index contributed by atoms with van der Waals surface area (Å²) in [6.45, 7) is 10.2. The number of rotatable bonds is 2. The van der Waals surface area contributed by atoms with Crippen molar-refractivity contribution < 1.29 is 0 Å². The molecule has 0 aromatic heterocycles. The van der Waals surface area contributed by atoms with Gasteiger partial charge in [0.2, 0.25) is 0 Å². The Morgan fingerprint density at radius 1 is 0.423 bits per heavy atom. The van der Waals surface area contributed by atoms with E-state index in [-0.39, 0.29) is 0 Å². The van der Waals surface area contributed by atoms with Crippen LogP contribution < -0.4 is 10.9 Å². The molecule has 0 unspecified atom stereocenters. The van der Waals surface area contributed by atoms with Crippen molar-refractivity contribution in [3.05, 3.63) is 60.7 Å². The van der Waals surface area contributed by atoms with Gasteiger partial charge in [-0.15, -0.1) is 0 Å². The summed E-state index contributed by atoms with van der Waals surface area (Å²) in [5.74, 6) is 0. The maximum Gasteiger partial charge on any atom is 0.170 e. The molecule has 0 fully saturated rings. The number of hydrogen-bond donors (Lipinski definition) is 0. The van der Waals surface area contributed by atoms with Gasteiger partial charge in [-0.25, -0.2) is 0 Å². The maximum absolute atomic E-state index is 2.35. The van der Waals surface area contributed by atoms with Crippen molar-refractivity contribution >= 4 is 67.4 Å². The summed E-state index contributed by atoms with van der Waals surface area (Å²) in [7, 11) is 0. The zero-order valence-electron chi connectivity index (χ0n) is 15.9. The van der Waals surface area contributed by atoms with Crippen LogP contribution in [-0.4, -0.2) is 13.4 Å². The fourth-order valence-electron chi connectivity index (χ4n) is 4.76. The van der Waals surface area contributed by atoms with Gasteiger partial charge in [-0.2, -0.15) is 0 Å². The Balaban J connectivity index is 2.11. The average molecular weight is 332 g/mol. The van der Waals surface area contributed by atoms with Crippen LogP contribution in [0.3, 0.4) is 0 Å². The van der Waals surface area contributed by atoms with Gasteiger partial charge >= 0.3 is 0 Å². The molecule has 0 amide bonds. The van der Waals surface area contributed by atoms with E-state index in [1.807, 2.05) is 0 Å². The van der Waals surface area contributed by atoms with Gasteiger partial charge in [0.25, 0.3) is 0 Å². The van der Waals surface area contributed by atoms with Gasteiger partial charge in [0.1, 0.15) is 0 Å². The van der Waals surface area contributed by atoms with E-state index in [1.54, 1.807) is 0 Å². The zero-order chi connectivity index (χ0) is 18.0. The highest BCUT2D eigenvalue weighted by Gasteiger charge is 2.18. The van der Waals surface area contributed by atoms with E-state index in [0.717, 1.165) is 0 Å². The largest absolute Gasteiger partial charge is 0.170 e. The van der Waals surface area contributed by atoms with Crippen LogP contribution in [0.1, 0.15) is 0 Å². The van der Waals surface area contributed by atoms with Crippen molar-refractivity contribution in [2.24, 2.45) is 0 Å². The lowest BCUT2D eigenvalue weighted by Crippen LogP contribution is -2.24. The van der Waals surface area contributed by atoms with Crippen LogP contribution in [0.25, 0.3) is 43.1 Å². The number of fused-ring (bicyclic) bond motifs is 2. The molecule has 0 N–H and O–H groups in total. The monoisotopic (exact) mass is 332 g/mol. The Morgan fingerprint density at radius 3 is 1.15 bits per heavy atom. The van der Waals surface area contributed by atoms with Crippen LogP contribution in [0.15, 0.2) is 60.7 Å². The average Bonchev–Trinajstić information content (AvgIpc) is 2.64. The van der Waals surface area contributed by atoms with Crippen molar-refractivity contribution in [3.63, 3.8) is 0 Å². The predicted molar refractivity (Wildman–Crippen MR) is 122 cm³/mol. The Hall–Kier alpha value is -2.47. The smallest absolute Gasteiger partial charge is 0.0819 e. The van der Waals surface area contributed by atoms with Crippen molar-refractivity contribution in [1.82, 2.24) is 0 Å². The summed E-state index contributed by atoms with van der Waals surface area (Å²) in [4.78, 5) is 0. The summed E-state index contributed by atoms with van der Waals surface area (Å²) in [6.07, 6.45) is 0. The molecule has 124 valence electrons. The lowest BCUT2D eigenvalue weighted by atomic mass is 9.48. The Kier molecular flexibility index (Phi) is 3.34. The minimum Gasteiger partial charge on any atom is -0.0819 e. The number of hydrogen-bond acceptors (Lipinski definition) is 0. The van der Waals surface area contributed by atoms with Crippen LogP contribution in [0, 0.1) is 0 Å². The molecular formula is C24H22B2. The topological polar surface area (TPSA) is 0 Å². The molecule has 0 bridgehead atoms. The van der Waals surface area contributed by atoms with Crippen molar-refractivity contribution in [2.75, 3.05) is 0 Å². The first-order valence-corrected chi connectivity index (χ1v) is 9.70. The molecule has 0 radical (unpaired) electrons. The summed E-state index contributed by atoms with van der Waals surface area (Å²) in [6, 6.07) is 23.0. The molecule has 5 rings (SSSR count). The number of benzene rings is 5. The highest BCUT2D eigenvalue weighted by Crippen LogP contribution is 2.39. The molecule has 5 aromatic carbocycles. The van der Waals surface area contributed by atoms with E-state index in [2.05, 4.69) is 88.0 Å². The second kappa shape index (κ2) is 5.51. The molecule has 0 atom stereocenters. The highest BCUT2D eigenvalue weighted by atomic mass is 14.2. The first-order valence-electron chi connectivity index (χ1n) is 9.70.